The van der Waals surface area contributed by atoms with Gasteiger partial charge in [0.15, 0.2) is 0 Å². The number of amides is 1. The van der Waals surface area contributed by atoms with E-state index in [0.29, 0.717) is 11.8 Å². The zero-order valence-corrected chi connectivity index (χ0v) is 15.2. The summed E-state index contributed by atoms with van der Waals surface area (Å²) in [7, 11) is 0. The van der Waals surface area contributed by atoms with Gasteiger partial charge in [-0.2, -0.15) is 0 Å². The summed E-state index contributed by atoms with van der Waals surface area (Å²) in [6, 6.07) is 3.92. The molecule has 1 aromatic rings. The van der Waals surface area contributed by atoms with E-state index in [9.17, 15) is 14.7 Å². The summed E-state index contributed by atoms with van der Waals surface area (Å²) in [5, 5.41) is 12.7. The van der Waals surface area contributed by atoms with Crippen LogP contribution in [0.25, 0.3) is 0 Å². The van der Waals surface area contributed by atoms with E-state index in [4.69, 9.17) is 0 Å². The molecule has 0 spiro atoms. The number of halogens is 1. The summed E-state index contributed by atoms with van der Waals surface area (Å²) < 4.78 is 0.972. The lowest BCUT2D eigenvalue weighted by Gasteiger charge is -2.41. The van der Waals surface area contributed by atoms with Crippen molar-refractivity contribution < 1.29 is 14.7 Å². The Labute approximate surface area is 149 Å². The zero-order chi connectivity index (χ0) is 17.2. The SMILES string of the molecule is Cc1cc(Br)cc(C)c1NC(=O)[C@@H]1[C@@H]2C=C[C@H]([C@H]3C[C@H]23)[C@@H]1C(=O)O. The monoisotopic (exact) mass is 389 g/mol. The van der Waals surface area contributed by atoms with Crippen LogP contribution < -0.4 is 5.32 Å². The standard InChI is InChI=1S/C19H20BrNO3/c1-8-5-10(20)6-9(2)17(8)21-18(22)15-11-3-4-12(14-7-13(11)14)16(15)19(23)24/h3-6,11-16H,7H2,1-2H3,(H,21,22)(H,23,24)/t11-,12-,13-,14-,15-,16+/m1/s1. The molecule has 2 bridgehead atoms. The molecule has 0 unspecified atom stereocenters. The lowest BCUT2D eigenvalue weighted by molar-refractivity contribution is -0.152. The number of carbonyl (C=O) groups is 2. The summed E-state index contributed by atoms with van der Waals surface area (Å²) in [4.78, 5) is 24.8. The van der Waals surface area contributed by atoms with Gasteiger partial charge in [0.1, 0.15) is 0 Å². The molecular formula is C19H20BrNO3. The van der Waals surface area contributed by atoms with Crippen molar-refractivity contribution in [3.8, 4) is 0 Å². The second-order valence-electron chi connectivity index (χ2n) is 7.40. The van der Waals surface area contributed by atoms with Crippen molar-refractivity contribution in [2.24, 2.45) is 35.5 Å². The highest BCUT2D eigenvalue weighted by atomic mass is 79.9. The Morgan fingerprint density at radius 2 is 1.62 bits per heavy atom. The number of rotatable bonds is 3. The van der Waals surface area contributed by atoms with Gasteiger partial charge in [-0.1, -0.05) is 28.1 Å². The van der Waals surface area contributed by atoms with Crippen molar-refractivity contribution >= 4 is 33.5 Å². The second kappa shape index (κ2) is 5.45. The Morgan fingerprint density at radius 3 is 2.17 bits per heavy atom. The highest BCUT2D eigenvalue weighted by Gasteiger charge is 2.63. The van der Waals surface area contributed by atoms with Gasteiger partial charge in [-0.15, -0.1) is 0 Å². The predicted molar refractivity (Wildman–Crippen MR) is 94.6 cm³/mol. The number of allylic oxidation sites excluding steroid dienone is 2. The molecule has 2 fully saturated rings. The van der Waals surface area contributed by atoms with E-state index in [0.717, 1.165) is 27.7 Å². The molecule has 6 atom stereocenters. The van der Waals surface area contributed by atoms with E-state index in [1.54, 1.807) is 0 Å². The lowest BCUT2D eigenvalue weighted by Crippen LogP contribution is -2.48. The molecule has 4 nitrogen and oxygen atoms in total. The van der Waals surface area contributed by atoms with Crippen LogP contribution in [0.3, 0.4) is 0 Å². The van der Waals surface area contributed by atoms with Gasteiger partial charge in [0, 0.05) is 10.2 Å². The summed E-state index contributed by atoms with van der Waals surface area (Å²) in [5.41, 5.74) is 2.75. The number of benzene rings is 1. The predicted octanol–water partition coefficient (Wildman–Crippen LogP) is 3.77. The van der Waals surface area contributed by atoms with Crippen LogP contribution in [-0.2, 0) is 9.59 Å². The lowest BCUT2D eigenvalue weighted by atomic mass is 9.62. The Hall–Kier alpha value is -1.62. The van der Waals surface area contributed by atoms with Crippen LogP contribution in [0.1, 0.15) is 17.5 Å². The van der Waals surface area contributed by atoms with E-state index in [1.165, 1.54) is 0 Å². The Bertz CT molecular complexity index is 749. The van der Waals surface area contributed by atoms with Crippen LogP contribution >= 0.6 is 15.9 Å². The summed E-state index contributed by atoms with van der Waals surface area (Å²) >= 11 is 3.46. The van der Waals surface area contributed by atoms with Gasteiger partial charge in [0.2, 0.25) is 5.91 Å². The number of carboxylic acids is 1. The third-order valence-electron chi connectivity index (χ3n) is 5.99. The zero-order valence-electron chi connectivity index (χ0n) is 13.6. The number of aryl methyl sites for hydroxylation is 2. The molecular weight excluding hydrogens is 370 g/mol. The molecule has 4 aliphatic carbocycles. The Morgan fingerprint density at radius 1 is 1.08 bits per heavy atom. The van der Waals surface area contributed by atoms with Crippen molar-refractivity contribution in [1.82, 2.24) is 0 Å². The molecule has 1 aromatic carbocycles. The maximum atomic E-state index is 13.0. The largest absolute Gasteiger partial charge is 0.481 e. The van der Waals surface area contributed by atoms with Gasteiger partial charge in [-0.3, -0.25) is 9.59 Å². The van der Waals surface area contributed by atoms with Crippen LogP contribution in [0.2, 0.25) is 0 Å². The molecule has 0 radical (unpaired) electrons. The number of carbonyl (C=O) groups excluding carboxylic acids is 1. The first kappa shape index (κ1) is 15.9. The number of fused-ring (bicyclic) bond motifs is 1. The summed E-state index contributed by atoms with van der Waals surface area (Å²) in [5.74, 6) is -1.01. The molecule has 24 heavy (non-hydrogen) atoms. The molecule has 126 valence electrons. The fourth-order valence-electron chi connectivity index (χ4n) is 4.88. The minimum atomic E-state index is -0.843. The van der Waals surface area contributed by atoms with Crippen LogP contribution in [0, 0.1) is 49.4 Å². The molecule has 5 rings (SSSR count). The van der Waals surface area contributed by atoms with E-state index in [1.807, 2.05) is 32.1 Å². The number of nitrogens with one attached hydrogen (secondary N) is 1. The molecule has 2 N–H and O–H groups in total. The van der Waals surface area contributed by atoms with Gasteiger partial charge < -0.3 is 10.4 Å². The molecule has 0 aliphatic heterocycles. The van der Waals surface area contributed by atoms with Crippen molar-refractivity contribution in [3.05, 3.63) is 39.9 Å². The quantitative estimate of drug-likeness (QED) is 0.773. The highest BCUT2D eigenvalue weighted by molar-refractivity contribution is 9.10. The average molecular weight is 390 g/mol. The van der Waals surface area contributed by atoms with Gasteiger partial charge in [0.05, 0.1) is 11.8 Å². The van der Waals surface area contributed by atoms with E-state index < -0.39 is 17.8 Å². The fraction of sp³-hybridized carbons (Fsp3) is 0.474. The highest BCUT2D eigenvalue weighted by Crippen LogP contribution is 2.63. The number of hydrogen-bond acceptors (Lipinski definition) is 2. The minimum absolute atomic E-state index is 0.0142. The van der Waals surface area contributed by atoms with Gasteiger partial charge in [-0.25, -0.2) is 0 Å². The third kappa shape index (κ3) is 2.32. The second-order valence-corrected chi connectivity index (χ2v) is 8.31. The molecule has 2 saturated carbocycles. The summed E-state index contributed by atoms with van der Waals surface area (Å²) in [6.45, 7) is 3.90. The first-order valence-corrected chi connectivity index (χ1v) is 9.16. The molecule has 0 saturated heterocycles. The first-order valence-electron chi connectivity index (χ1n) is 8.37. The van der Waals surface area contributed by atoms with Crippen molar-refractivity contribution in [3.63, 3.8) is 0 Å². The van der Waals surface area contributed by atoms with Crippen molar-refractivity contribution in [2.75, 3.05) is 5.32 Å². The van der Waals surface area contributed by atoms with Crippen LogP contribution in [-0.4, -0.2) is 17.0 Å². The maximum absolute atomic E-state index is 13.0. The van der Waals surface area contributed by atoms with E-state index in [-0.39, 0.29) is 17.7 Å². The maximum Gasteiger partial charge on any atom is 0.307 e. The van der Waals surface area contributed by atoms with Crippen LogP contribution in [0.5, 0.6) is 0 Å². The van der Waals surface area contributed by atoms with Gasteiger partial charge in [0.25, 0.3) is 0 Å². The molecule has 1 amide bonds. The van der Waals surface area contributed by atoms with E-state index >= 15 is 0 Å². The minimum Gasteiger partial charge on any atom is -0.481 e. The summed E-state index contributed by atoms with van der Waals surface area (Å²) in [6.07, 6.45) is 5.19. The average Bonchev–Trinajstić information content (AvgIpc) is 3.31. The van der Waals surface area contributed by atoms with Crippen molar-refractivity contribution in [1.29, 1.82) is 0 Å². The van der Waals surface area contributed by atoms with Crippen LogP contribution in [0.4, 0.5) is 5.69 Å². The van der Waals surface area contributed by atoms with Crippen molar-refractivity contribution in [2.45, 2.75) is 20.3 Å². The fourth-order valence-corrected chi connectivity index (χ4v) is 5.57. The molecule has 5 heteroatoms. The van der Waals surface area contributed by atoms with Crippen LogP contribution in [0.15, 0.2) is 28.8 Å². The smallest absolute Gasteiger partial charge is 0.307 e. The number of hydrogen-bond donors (Lipinski definition) is 2. The number of anilines is 1. The van der Waals surface area contributed by atoms with E-state index in [2.05, 4.69) is 27.3 Å². The third-order valence-corrected chi connectivity index (χ3v) is 6.44. The number of aliphatic carboxylic acids is 1. The Kier molecular flexibility index (Phi) is 3.60. The van der Waals surface area contributed by atoms with Gasteiger partial charge in [-0.05, 0) is 67.2 Å². The number of carboxylic acid groups (broad SMARTS) is 1. The normalized spacial score (nSPS) is 35.5. The van der Waals surface area contributed by atoms with Gasteiger partial charge >= 0.3 is 5.97 Å². The molecule has 0 aromatic heterocycles. The topological polar surface area (TPSA) is 66.4 Å². The Balaban J connectivity index is 1.65. The molecule has 0 heterocycles. The molecule has 4 aliphatic rings. The first-order chi connectivity index (χ1) is 11.4.